The molecule has 2 N–H and O–H groups in total. The van der Waals surface area contributed by atoms with Gasteiger partial charge in [0.05, 0.1) is 10.0 Å². The number of rotatable bonds is 5. The number of hydrogen-bond acceptors (Lipinski definition) is 2. The maximum Gasteiger partial charge on any atom is 0.222 e. The summed E-state index contributed by atoms with van der Waals surface area (Å²) in [5.41, 5.74) is 6.81. The summed E-state index contributed by atoms with van der Waals surface area (Å²) in [4.78, 5) is 14.1. The predicted molar refractivity (Wildman–Crippen MR) is 90.4 cm³/mol. The number of amides is 1. The molecule has 0 spiro atoms. The number of nitrogens with zero attached hydrogens (tertiary/aromatic N) is 1. The van der Waals surface area contributed by atoms with Crippen LogP contribution in [0.1, 0.15) is 31.2 Å². The molecule has 6 heteroatoms. The lowest BCUT2D eigenvalue weighted by Crippen LogP contribution is -2.39. The Morgan fingerprint density at radius 2 is 2.10 bits per heavy atom. The topological polar surface area (TPSA) is 46.3 Å². The highest BCUT2D eigenvalue weighted by Crippen LogP contribution is 2.23. The van der Waals surface area contributed by atoms with Crippen LogP contribution in [0.2, 0.25) is 10.0 Å². The number of nitrogens with two attached hydrogens (primary N) is 1. The maximum atomic E-state index is 12.1. The fraction of sp³-hybridized carbons (Fsp3) is 0.533. The summed E-state index contributed by atoms with van der Waals surface area (Å²) in [6.07, 6.45) is 4.33. The van der Waals surface area contributed by atoms with Gasteiger partial charge in [-0.2, -0.15) is 0 Å². The Bertz CT molecular complexity index is 482. The van der Waals surface area contributed by atoms with Gasteiger partial charge in [-0.05, 0) is 43.4 Å². The second-order valence-electron chi connectivity index (χ2n) is 5.22. The summed E-state index contributed by atoms with van der Waals surface area (Å²) in [5, 5.41) is 1.13. The predicted octanol–water partition coefficient (Wildman–Crippen LogP) is 3.69. The van der Waals surface area contributed by atoms with Crippen LogP contribution >= 0.6 is 35.6 Å². The highest BCUT2D eigenvalue weighted by molar-refractivity contribution is 6.42. The number of benzene rings is 1. The van der Waals surface area contributed by atoms with Gasteiger partial charge in [0.15, 0.2) is 0 Å². The molecule has 21 heavy (non-hydrogen) atoms. The van der Waals surface area contributed by atoms with Gasteiger partial charge in [0, 0.05) is 25.6 Å². The fourth-order valence-corrected chi connectivity index (χ4v) is 3.01. The number of hydrogen-bond donors (Lipinski definition) is 1. The van der Waals surface area contributed by atoms with E-state index in [1.165, 1.54) is 0 Å². The van der Waals surface area contributed by atoms with Gasteiger partial charge < -0.3 is 10.6 Å². The van der Waals surface area contributed by atoms with Gasteiger partial charge in [-0.25, -0.2) is 0 Å². The van der Waals surface area contributed by atoms with Crippen LogP contribution in [-0.2, 0) is 11.2 Å². The maximum absolute atomic E-state index is 12.1. The second-order valence-corrected chi connectivity index (χ2v) is 6.04. The van der Waals surface area contributed by atoms with Crippen LogP contribution in [-0.4, -0.2) is 29.9 Å². The standard InChI is InChI=1S/C15H20Cl2N2O.ClH/c16-13-7-6-11(9-14(13)17)3-1-5-15(20)19-8-2-4-12(19)10-18;/h6-7,9,12H,1-5,8,10,18H2;1H. The van der Waals surface area contributed by atoms with Crippen molar-refractivity contribution >= 4 is 41.5 Å². The molecule has 1 unspecified atom stereocenters. The minimum absolute atomic E-state index is 0. The molecule has 0 aliphatic carbocycles. The molecule has 1 aromatic carbocycles. The normalized spacial score (nSPS) is 17.7. The van der Waals surface area contributed by atoms with Crippen molar-refractivity contribution in [3.63, 3.8) is 0 Å². The Labute approximate surface area is 142 Å². The summed E-state index contributed by atoms with van der Waals surface area (Å²) in [5.74, 6) is 0.220. The zero-order chi connectivity index (χ0) is 14.5. The lowest BCUT2D eigenvalue weighted by atomic mass is 10.1. The third-order valence-corrected chi connectivity index (χ3v) is 4.55. The summed E-state index contributed by atoms with van der Waals surface area (Å²) >= 11 is 11.9. The molecular weight excluding hydrogens is 331 g/mol. The minimum atomic E-state index is 0. The molecule has 1 atom stereocenters. The van der Waals surface area contributed by atoms with Crippen LogP contribution in [0.4, 0.5) is 0 Å². The van der Waals surface area contributed by atoms with Crippen molar-refractivity contribution in [1.29, 1.82) is 0 Å². The SMILES string of the molecule is Cl.NCC1CCCN1C(=O)CCCc1ccc(Cl)c(Cl)c1. The van der Waals surface area contributed by atoms with E-state index in [2.05, 4.69) is 0 Å². The van der Waals surface area contributed by atoms with Crippen LogP contribution in [0.25, 0.3) is 0 Å². The monoisotopic (exact) mass is 350 g/mol. The largest absolute Gasteiger partial charge is 0.338 e. The molecular formula is C15H21Cl3N2O. The van der Waals surface area contributed by atoms with Gasteiger partial charge in [0.2, 0.25) is 5.91 Å². The van der Waals surface area contributed by atoms with E-state index >= 15 is 0 Å². The zero-order valence-corrected chi connectivity index (χ0v) is 14.2. The molecule has 1 aliphatic heterocycles. The molecule has 1 amide bonds. The number of halogens is 3. The number of carbonyl (C=O) groups excluding carboxylic acids is 1. The first-order valence-electron chi connectivity index (χ1n) is 7.05. The summed E-state index contributed by atoms with van der Waals surface area (Å²) in [6, 6.07) is 5.86. The van der Waals surface area contributed by atoms with Crippen molar-refractivity contribution in [2.24, 2.45) is 5.73 Å². The third-order valence-electron chi connectivity index (χ3n) is 3.81. The van der Waals surface area contributed by atoms with Crippen molar-refractivity contribution < 1.29 is 4.79 Å². The van der Waals surface area contributed by atoms with E-state index in [1.54, 1.807) is 6.07 Å². The Hall–Kier alpha value is -0.480. The summed E-state index contributed by atoms with van der Waals surface area (Å²) in [7, 11) is 0. The van der Waals surface area contributed by atoms with Gasteiger partial charge in [-0.3, -0.25) is 4.79 Å². The summed E-state index contributed by atoms with van der Waals surface area (Å²) < 4.78 is 0. The van der Waals surface area contributed by atoms with Crippen molar-refractivity contribution in [2.75, 3.05) is 13.1 Å². The zero-order valence-electron chi connectivity index (χ0n) is 11.9. The fourth-order valence-electron chi connectivity index (χ4n) is 2.69. The van der Waals surface area contributed by atoms with E-state index < -0.39 is 0 Å². The van der Waals surface area contributed by atoms with Crippen LogP contribution in [0.5, 0.6) is 0 Å². The van der Waals surface area contributed by atoms with E-state index in [0.717, 1.165) is 37.8 Å². The van der Waals surface area contributed by atoms with E-state index in [9.17, 15) is 4.79 Å². The molecule has 1 heterocycles. The second kappa shape index (κ2) is 8.84. The molecule has 0 saturated carbocycles. The lowest BCUT2D eigenvalue weighted by molar-refractivity contribution is -0.131. The minimum Gasteiger partial charge on any atom is -0.338 e. The van der Waals surface area contributed by atoms with Crippen molar-refractivity contribution in [2.45, 2.75) is 38.1 Å². The van der Waals surface area contributed by atoms with Gasteiger partial charge in [0.25, 0.3) is 0 Å². The van der Waals surface area contributed by atoms with E-state index in [4.69, 9.17) is 28.9 Å². The average Bonchev–Trinajstić information content (AvgIpc) is 2.91. The van der Waals surface area contributed by atoms with Crippen molar-refractivity contribution in [3.8, 4) is 0 Å². The highest BCUT2D eigenvalue weighted by Gasteiger charge is 2.26. The molecule has 0 aromatic heterocycles. The van der Waals surface area contributed by atoms with E-state index in [0.29, 0.717) is 23.0 Å². The molecule has 1 aliphatic rings. The average molecular weight is 352 g/mol. The first-order chi connectivity index (χ1) is 9.61. The Morgan fingerprint density at radius 1 is 1.33 bits per heavy atom. The highest BCUT2D eigenvalue weighted by atomic mass is 35.5. The van der Waals surface area contributed by atoms with E-state index in [-0.39, 0.29) is 24.4 Å². The van der Waals surface area contributed by atoms with Crippen LogP contribution in [0.3, 0.4) is 0 Å². The number of likely N-dealkylation sites (tertiary alicyclic amines) is 1. The van der Waals surface area contributed by atoms with E-state index in [1.807, 2.05) is 17.0 Å². The van der Waals surface area contributed by atoms with Gasteiger partial charge in [-0.15, -0.1) is 12.4 Å². The Balaban J connectivity index is 0.00000220. The molecule has 1 aromatic rings. The van der Waals surface area contributed by atoms with Gasteiger partial charge in [-0.1, -0.05) is 29.3 Å². The quantitative estimate of drug-likeness (QED) is 0.879. The molecule has 2 rings (SSSR count). The van der Waals surface area contributed by atoms with Crippen LogP contribution in [0, 0.1) is 0 Å². The molecule has 118 valence electrons. The van der Waals surface area contributed by atoms with Crippen molar-refractivity contribution in [3.05, 3.63) is 33.8 Å². The molecule has 1 saturated heterocycles. The lowest BCUT2D eigenvalue weighted by Gasteiger charge is -2.23. The van der Waals surface area contributed by atoms with Gasteiger partial charge >= 0.3 is 0 Å². The molecule has 0 bridgehead atoms. The smallest absolute Gasteiger partial charge is 0.222 e. The summed E-state index contributed by atoms with van der Waals surface area (Å²) in [6.45, 7) is 1.42. The molecule has 3 nitrogen and oxygen atoms in total. The molecule has 0 radical (unpaired) electrons. The number of aryl methyl sites for hydroxylation is 1. The van der Waals surface area contributed by atoms with Gasteiger partial charge in [0.1, 0.15) is 0 Å². The first kappa shape index (κ1) is 18.6. The molecule has 1 fully saturated rings. The first-order valence-corrected chi connectivity index (χ1v) is 7.81. The third kappa shape index (κ3) is 5.03. The Morgan fingerprint density at radius 3 is 2.76 bits per heavy atom. The van der Waals surface area contributed by atoms with Crippen molar-refractivity contribution in [1.82, 2.24) is 4.90 Å². The van der Waals surface area contributed by atoms with Crippen LogP contribution < -0.4 is 5.73 Å². The Kier molecular flexibility index (Phi) is 7.82. The van der Waals surface area contributed by atoms with Crippen LogP contribution in [0.15, 0.2) is 18.2 Å². The number of carbonyl (C=O) groups is 1.